The van der Waals surface area contributed by atoms with E-state index >= 15 is 0 Å². The van der Waals surface area contributed by atoms with Crippen LogP contribution in [0, 0.1) is 18.3 Å². The van der Waals surface area contributed by atoms with Crippen molar-refractivity contribution in [3.63, 3.8) is 0 Å². The molecule has 7 heteroatoms. The molecule has 90 valence electrons. The minimum Gasteiger partial charge on any atom is -0.340 e. The molecule has 0 aliphatic carbocycles. The number of anilines is 1. The van der Waals surface area contributed by atoms with Crippen molar-refractivity contribution in [1.82, 2.24) is 19.9 Å². The quantitative estimate of drug-likeness (QED) is 0.614. The number of halogens is 1. The number of amides is 1. The van der Waals surface area contributed by atoms with Gasteiger partial charge in [-0.3, -0.25) is 9.69 Å². The van der Waals surface area contributed by atoms with Gasteiger partial charge < -0.3 is 4.98 Å². The molecule has 2 aromatic rings. The van der Waals surface area contributed by atoms with Crippen molar-refractivity contribution >= 4 is 34.5 Å². The van der Waals surface area contributed by atoms with Gasteiger partial charge in [-0.15, -0.1) is 12.3 Å². The molecule has 0 aromatic carbocycles. The van der Waals surface area contributed by atoms with Crippen LogP contribution in [0.25, 0.3) is 11.2 Å². The number of nitrogens with one attached hydrogen (secondary N) is 1. The minimum atomic E-state index is -0.0933. The van der Waals surface area contributed by atoms with Gasteiger partial charge in [0.1, 0.15) is 5.52 Å². The third-order valence-corrected chi connectivity index (χ3v) is 3.02. The lowest BCUT2D eigenvalue weighted by molar-refractivity contribution is -0.117. The Labute approximate surface area is 107 Å². The highest BCUT2D eigenvalue weighted by atomic mass is 35.5. The molecule has 18 heavy (non-hydrogen) atoms. The average molecular weight is 262 g/mol. The second-order valence-electron chi connectivity index (χ2n) is 3.99. The lowest BCUT2D eigenvalue weighted by atomic mass is 10.1. The van der Waals surface area contributed by atoms with Crippen LogP contribution >= 0.6 is 11.6 Å². The molecule has 1 unspecified atom stereocenters. The lowest BCUT2D eigenvalue weighted by Crippen LogP contribution is -2.26. The largest absolute Gasteiger partial charge is 0.340 e. The van der Waals surface area contributed by atoms with Crippen LogP contribution in [-0.4, -0.2) is 32.4 Å². The van der Waals surface area contributed by atoms with E-state index in [2.05, 4.69) is 25.9 Å². The summed E-state index contributed by atoms with van der Waals surface area (Å²) in [5.74, 6) is 2.86. The maximum absolute atomic E-state index is 11.9. The van der Waals surface area contributed by atoms with Crippen LogP contribution in [0.5, 0.6) is 0 Å². The Morgan fingerprint density at radius 3 is 3.11 bits per heavy atom. The molecule has 1 aliphatic rings. The first-order valence-electron chi connectivity index (χ1n) is 5.32. The number of imidazole rings is 1. The third kappa shape index (κ3) is 1.60. The summed E-state index contributed by atoms with van der Waals surface area (Å²) in [6.07, 6.45) is 7.16. The maximum Gasteiger partial charge on any atom is 0.229 e. The van der Waals surface area contributed by atoms with Crippen LogP contribution in [0.3, 0.4) is 0 Å². The fourth-order valence-electron chi connectivity index (χ4n) is 2.01. The molecule has 0 spiro atoms. The number of carbonyl (C=O) groups is 1. The zero-order valence-corrected chi connectivity index (χ0v) is 9.98. The molecule has 1 fully saturated rings. The fraction of sp³-hybridized carbons (Fsp3) is 0.273. The number of hydrogen-bond donors (Lipinski definition) is 1. The Morgan fingerprint density at radius 2 is 2.39 bits per heavy atom. The molecule has 3 rings (SSSR count). The molecular weight excluding hydrogens is 254 g/mol. The van der Waals surface area contributed by atoms with E-state index < -0.39 is 0 Å². The van der Waals surface area contributed by atoms with Gasteiger partial charge in [0.05, 0.1) is 6.33 Å². The van der Waals surface area contributed by atoms with Crippen molar-refractivity contribution in [3.8, 4) is 12.3 Å². The summed E-state index contributed by atoms with van der Waals surface area (Å²) in [6, 6.07) is 0. The number of fused-ring (bicyclic) bond motifs is 1. The zero-order chi connectivity index (χ0) is 12.7. The van der Waals surface area contributed by atoms with Gasteiger partial charge in [-0.05, 0) is 11.6 Å². The Bertz CT molecular complexity index is 674. The van der Waals surface area contributed by atoms with Crippen LogP contribution in [0.4, 0.5) is 5.82 Å². The first-order chi connectivity index (χ1) is 8.69. The van der Waals surface area contributed by atoms with Crippen molar-refractivity contribution in [2.24, 2.45) is 5.92 Å². The Hall–Kier alpha value is -2.13. The first-order valence-corrected chi connectivity index (χ1v) is 5.70. The van der Waals surface area contributed by atoms with Crippen molar-refractivity contribution in [2.75, 3.05) is 11.4 Å². The fourth-order valence-corrected chi connectivity index (χ4v) is 2.17. The van der Waals surface area contributed by atoms with Gasteiger partial charge in [-0.1, -0.05) is 0 Å². The van der Waals surface area contributed by atoms with Crippen molar-refractivity contribution in [2.45, 2.75) is 6.42 Å². The van der Waals surface area contributed by atoms with Gasteiger partial charge in [-0.25, -0.2) is 4.98 Å². The summed E-state index contributed by atoms with van der Waals surface area (Å²) in [5, 5.41) is 0.0570. The number of terminal acetylenes is 1. The summed E-state index contributed by atoms with van der Waals surface area (Å²) in [4.78, 5) is 28.4. The minimum absolute atomic E-state index is 0.0570. The number of rotatable bonds is 1. The SMILES string of the molecule is C#CC1CC(=O)N(c2nc(Cl)nc3nc[nH]c23)C1. The molecule has 1 aliphatic heterocycles. The van der Waals surface area contributed by atoms with E-state index in [-0.39, 0.29) is 17.1 Å². The Kier molecular flexibility index (Phi) is 2.42. The maximum atomic E-state index is 11.9. The van der Waals surface area contributed by atoms with Gasteiger partial charge in [0.25, 0.3) is 0 Å². The van der Waals surface area contributed by atoms with Gasteiger partial charge >= 0.3 is 0 Å². The van der Waals surface area contributed by atoms with Crippen LogP contribution in [0.2, 0.25) is 5.28 Å². The summed E-state index contributed by atoms with van der Waals surface area (Å²) in [7, 11) is 0. The number of nitrogens with zero attached hydrogens (tertiary/aromatic N) is 4. The number of hydrogen-bond acceptors (Lipinski definition) is 4. The normalized spacial score (nSPS) is 19.4. The number of aromatic amines is 1. The Morgan fingerprint density at radius 1 is 1.56 bits per heavy atom. The second-order valence-corrected chi connectivity index (χ2v) is 4.33. The molecule has 1 saturated heterocycles. The van der Waals surface area contributed by atoms with Crippen molar-refractivity contribution in [3.05, 3.63) is 11.6 Å². The topological polar surface area (TPSA) is 74.8 Å². The molecule has 1 amide bonds. The summed E-state index contributed by atoms with van der Waals surface area (Å²) in [5.41, 5.74) is 1.02. The molecule has 2 aromatic heterocycles. The highest BCUT2D eigenvalue weighted by Gasteiger charge is 2.32. The van der Waals surface area contributed by atoms with E-state index in [4.69, 9.17) is 18.0 Å². The van der Waals surface area contributed by atoms with Gasteiger partial charge in [0, 0.05) is 18.9 Å². The van der Waals surface area contributed by atoms with E-state index in [1.165, 1.54) is 11.2 Å². The molecule has 1 atom stereocenters. The lowest BCUT2D eigenvalue weighted by Gasteiger charge is -2.15. The number of aromatic nitrogens is 4. The van der Waals surface area contributed by atoms with Gasteiger partial charge in [0.15, 0.2) is 11.5 Å². The first kappa shape index (κ1) is 11.0. The van der Waals surface area contributed by atoms with Crippen LogP contribution in [0.1, 0.15) is 6.42 Å². The average Bonchev–Trinajstić information content (AvgIpc) is 2.94. The van der Waals surface area contributed by atoms with Crippen molar-refractivity contribution < 1.29 is 4.79 Å². The molecule has 0 saturated carbocycles. The molecule has 0 radical (unpaired) electrons. The molecule has 1 N–H and O–H groups in total. The van der Waals surface area contributed by atoms with Crippen molar-refractivity contribution in [1.29, 1.82) is 0 Å². The Balaban J connectivity index is 2.12. The van der Waals surface area contributed by atoms with Crippen LogP contribution in [0.15, 0.2) is 6.33 Å². The highest BCUT2D eigenvalue weighted by molar-refractivity contribution is 6.28. The van der Waals surface area contributed by atoms with E-state index in [1.807, 2.05) is 0 Å². The standard InChI is InChI=1S/C11H8ClN5O/c1-2-6-3-7(18)17(4-6)10-8-9(14-5-13-8)15-11(12)16-10/h1,5-6H,3-4H2,(H,13,14,15,16). The summed E-state index contributed by atoms with van der Waals surface area (Å²) >= 11 is 5.82. The summed E-state index contributed by atoms with van der Waals surface area (Å²) in [6.45, 7) is 0.441. The summed E-state index contributed by atoms with van der Waals surface area (Å²) < 4.78 is 0. The van der Waals surface area contributed by atoms with E-state index in [9.17, 15) is 4.79 Å². The molecule has 0 bridgehead atoms. The van der Waals surface area contributed by atoms with Gasteiger partial charge in [-0.2, -0.15) is 9.97 Å². The van der Waals surface area contributed by atoms with Crippen LogP contribution < -0.4 is 4.90 Å². The monoisotopic (exact) mass is 261 g/mol. The van der Waals surface area contributed by atoms with Gasteiger partial charge in [0.2, 0.25) is 11.2 Å². The zero-order valence-electron chi connectivity index (χ0n) is 9.22. The smallest absolute Gasteiger partial charge is 0.229 e. The highest BCUT2D eigenvalue weighted by Crippen LogP contribution is 2.28. The molecule has 3 heterocycles. The number of carbonyl (C=O) groups excluding carboxylic acids is 1. The van der Waals surface area contributed by atoms with E-state index in [1.54, 1.807) is 0 Å². The number of H-pyrrole nitrogens is 1. The molecule has 6 nitrogen and oxygen atoms in total. The third-order valence-electron chi connectivity index (χ3n) is 2.86. The predicted molar refractivity (Wildman–Crippen MR) is 66.0 cm³/mol. The second kappa shape index (κ2) is 3.96. The van der Waals surface area contributed by atoms with E-state index in [0.29, 0.717) is 29.9 Å². The predicted octanol–water partition coefficient (Wildman–Crippen LogP) is 0.992. The van der Waals surface area contributed by atoms with E-state index in [0.717, 1.165) is 0 Å². The van der Waals surface area contributed by atoms with Crippen LogP contribution in [-0.2, 0) is 4.79 Å². The molecular formula is C11H8ClN5O.